The Balaban J connectivity index is 2.51. The van der Waals surface area contributed by atoms with E-state index in [0.29, 0.717) is 0 Å². The summed E-state index contributed by atoms with van der Waals surface area (Å²) >= 11 is 0. The zero-order chi connectivity index (χ0) is 13.4. The maximum Gasteiger partial charge on any atom is 0.310 e. The van der Waals surface area contributed by atoms with Crippen LogP contribution in [0.25, 0.3) is 0 Å². The maximum absolute atomic E-state index is 11.3. The molecule has 0 atom stereocenters. The van der Waals surface area contributed by atoms with Crippen molar-refractivity contribution >= 4 is 11.6 Å². The van der Waals surface area contributed by atoms with Crippen LogP contribution in [0.5, 0.6) is 5.75 Å². The van der Waals surface area contributed by atoms with Crippen molar-refractivity contribution in [3.8, 4) is 11.8 Å². The molecule has 0 fully saturated rings. The number of rotatable bonds is 6. The predicted molar refractivity (Wildman–Crippen MR) is 61.8 cm³/mol. The summed E-state index contributed by atoms with van der Waals surface area (Å²) < 4.78 is 5.05. The number of nitro groups is 1. The molecule has 94 valence electrons. The third-order valence-corrected chi connectivity index (χ3v) is 1.98. The molecule has 1 amide bonds. The molecule has 0 aromatic heterocycles. The van der Waals surface area contributed by atoms with Gasteiger partial charge >= 0.3 is 5.69 Å². The van der Waals surface area contributed by atoms with Crippen molar-refractivity contribution in [2.45, 2.75) is 6.42 Å². The van der Waals surface area contributed by atoms with E-state index in [0.717, 1.165) is 0 Å². The number of nitro benzene ring substituents is 1. The lowest BCUT2D eigenvalue weighted by atomic mass is 10.3. The van der Waals surface area contributed by atoms with Gasteiger partial charge in [-0.1, -0.05) is 12.1 Å². The zero-order valence-corrected chi connectivity index (χ0v) is 9.46. The molecule has 0 aliphatic heterocycles. The quantitative estimate of drug-likeness (QED) is 0.460. The van der Waals surface area contributed by atoms with Crippen LogP contribution in [0.1, 0.15) is 6.42 Å². The Morgan fingerprint density at radius 1 is 1.50 bits per heavy atom. The first-order chi connectivity index (χ1) is 8.65. The van der Waals surface area contributed by atoms with Crippen molar-refractivity contribution in [1.29, 1.82) is 5.26 Å². The minimum absolute atomic E-state index is 0.0398. The molecule has 0 saturated heterocycles. The van der Waals surface area contributed by atoms with Crippen LogP contribution in [0, 0.1) is 21.4 Å². The second-order valence-electron chi connectivity index (χ2n) is 3.27. The Morgan fingerprint density at radius 3 is 2.89 bits per heavy atom. The fraction of sp³-hybridized carbons (Fsp3) is 0.273. The predicted octanol–water partition coefficient (Wildman–Crippen LogP) is 1.00. The molecule has 1 aromatic rings. The number of carbonyl (C=O) groups excluding carboxylic acids is 1. The third-order valence-electron chi connectivity index (χ3n) is 1.98. The molecule has 1 rings (SSSR count). The standard InChI is InChI=1S/C11H11N3O4/c12-6-3-7-13-11(15)8-18-10-5-2-1-4-9(10)14(16)17/h1-2,4-5H,3,7-8H2,(H,13,15). The molecule has 7 heteroatoms. The summed E-state index contributed by atoms with van der Waals surface area (Å²) in [5, 5.41) is 21.4. The fourth-order valence-electron chi connectivity index (χ4n) is 1.18. The lowest BCUT2D eigenvalue weighted by molar-refractivity contribution is -0.385. The first kappa shape index (κ1) is 13.4. The van der Waals surface area contributed by atoms with Crippen molar-refractivity contribution in [3.05, 3.63) is 34.4 Å². The minimum Gasteiger partial charge on any atom is -0.477 e. The van der Waals surface area contributed by atoms with Gasteiger partial charge in [0.1, 0.15) is 0 Å². The molecule has 0 saturated carbocycles. The van der Waals surface area contributed by atoms with Gasteiger partial charge in [-0.15, -0.1) is 0 Å². The van der Waals surface area contributed by atoms with Gasteiger partial charge in [0.2, 0.25) is 0 Å². The summed E-state index contributed by atoms with van der Waals surface area (Å²) in [6.45, 7) is -0.0914. The SMILES string of the molecule is N#CCCNC(=O)COc1ccccc1[N+](=O)[O-]. The maximum atomic E-state index is 11.3. The van der Waals surface area contributed by atoms with E-state index in [1.807, 2.05) is 6.07 Å². The van der Waals surface area contributed by atoms with Gasteiger partial charge in [0.15, 0.2) is 12.4 Å². The minimum atomic E-state index is -0.580. The summed E-state index contributed by atoms with van der Waals surface area (Å²) in [6, 6.07) is 7.68. The fourth-order valence-corrected chi connectivity index (χ4v) is 1.18. The van der Waals surface area contributed by atoms with Crippen LogP contribution in [-0.2, 0) is 4.79 Å². The number of carbonyl (C=O) groups is 1. The van der Waals surface area contributed by atoms with E-state index in [9.17, 15) is 14.9 Å². The summed E-state index contributed by atoms with van der Waals surface area (Å²) in [4.78, 5) is 21.3. The van der Waals surface area contributed by atoms with Gasteiger partial charge in [-0.05, 0) is 6.07 Å². The highest BCUT2D eigenvalue weighted by Gasteiger charge is 2.14. The van der Waals surface area contributed by atoms with Crippen molar-refractivity contribution in [2.24, 2.45) is 0 Å². The normalized spacial score (nSPS) is 9.28. The average Bonchev–Trinajstić information content (AvgIpc) is 2.37. The second kappa shape index (κ2) is 6.85. The van der Waals surface area contributed by atoms with Gasteiger partial charge in [-0.3, -0.25) is 14.9 Å². The number of ether oxygens (including phenoxy) is 1. The van der Waals surface area contributed by atoms with E-state index in [1.165, 1.54) is 18.2 Å². The number of nitriles is 1. The van der Waals surface area contributed by atoms with Gasteiger partial charge in [0.05, 0.1) is 17.4 Å². The summed E-state index contributed by atoms with van der Waals surface area (Å²) in [5.41, 5.74) is -0.192. The van der Waals surface area contributed by atoms with Crippen molar-refractivity contribution < 1.29 is 14.5 Å². The van der Waals surface area contributed by atoms with E-state index >= 15 is 0 Å². The van der Waals surface area contributed by atoms with Crippen molar-refractivity contribution in [1.82, 2.24) is 5.32 Å². The van der Waals surface area contributed by atoms with Gasteiger partial charge < -0.3 is 10.1 Å². The largest absolute Gasteiger partial charge is 0.477 e. The smallest absolute Gasteiger partial charge is 0.310 e. The van der Waals surface area contributed by atoms with Gasteiger partial charge in [-0.25, -0.2) is 0 Å². The number of amides is 1. The molecule has 1 N–H and O–H groups in total. The Bertz CT molecular complexity index is 481. The molecule has 18 heavy (non-hydrogen) atoms. The lowest BCUT2D eigenvalue weighted by Gasteiger charge is -2.06. The molecule has 0 radical (unpaired) electrons. The summed E-state index contributed by atoms with van der Waals surface area (Å²) in [5.74, 6) is -0.388. The van der Waals surface area contributed by atoms with E-state index in [1.54, 1.807) is 6.07 Å². The molecule has 0 spiro atoms. The van der Waals surface area contributed by atoms with Crippen LogP contribution >= 0.6 is 0 Å². The first-order valence-electron chi connectivity index (χ1n) is 5.15. The highest BCUT2D eigenvalue weighted by atomic mass is 16.6. The van der Waals surface area contributed by atoms with Gasteiger partial charge in [0, 0.05) is 12.6 Å². The van der Waals surface area contributed by atoms with Crippen LogP contribution in [0.2, 0.25) is 0 Å². The number of para-hydroxylation sites is 2. The third kappa shape index (κ3) is 4.09. The monoisotopic (exact) mass is 249 g/mol. The molecule has 0 heterocycles. The van der Waals surface area contributed by atoms with E-state index < -0.39 is 10.8 Å². The van der Waals surface area contributed by atoms with Crippen LogP contribution in [0.3, 0.4) is 0 Å². The Morgan fingerprint density at radius 2 is 2.22 bits per heavy atom. The van der Waals surface area contributed by atoms with Crippen LogP contribution < -0.4 is 10.1 Å². The average molecular weight is 249 g/mol. The Kier molecular flexibility index (Phi) is 5.12. The molecule has 0 aliphatic rings. The summed E-state index contributed by atoms with van der Waals surface area (Å²) in [6.07, 6.45) is 0.206. The van der Waals surface area contributed by atoms with Crippen LogP contribution in [-0.4, -0.2) is 24.0 Å². The number of nitrogens with one attached hydrogen (secondary N) is 1. The van der Waals surface area contributed by atoms with Crippen LogP contribution in [0.4, 0.5) is 5.69 Å². The molecule has 0 bridgehead atoms. The van der Waals surface area contributed by atoms with Gasteiger partial charge in [0.25, 0.3) is 5.91 Å². The molecule has 1 aromatic carbocycles. The molecule has 0 unspecified atom stereocenters. The molecular formula is C11H11N3O4. The Labute approximate surface area is 103 Å². The van der Waals surface area contributed by atoms with E-state index in [-0.39, 0.29) is 31.0 Å². The molecular weight excluding hydrogens is 238 g/mol. The zero-order valence-electron chi connectivity index (χ0n) is 9.46. The van der Waals surface area contributed by atoms with Crippen LogP contribution in [0.15, 0.2) is 24.3 Å². The van der Waals surface area contributed by atoms with Crippen molar-refractivity contribution in [2.75, 3.05) is 13.2 Å². The summed E-state index contributed by atoms with van der Waals surface area (Å²) in [7, 11) is 0. The molecule has 0 aliphatic carbocycles. The van der Waals surface area contributed by atoms with Crippen molar-refractivity contribution in [3.63, 3.8) is 0 Å². The number of hydrogen-bond acceptors (Lipinski definition) is 5. The highest BCUT2D eigenvalue weighted by Crippen LogP contribution is 2.25. The number of hydrogen-bond donors (Lipinski definition) is 1. The van der Waals surface area contributed by atoms with E-state index in [2.05, 4.69) is 5.32 Å². The van der Waals surface area contributed by atoms with Gasteiger partial charge in [-0.2, -0.15) is 5.26 Å². The topological polar surface area (TPSA) is 105 Å². The number of nitrogens with zero attached hydrogens (tertiary/aromatic N) is 2. The lowest BCUT2D eigenvalue weighted by Crippen LogP contribution is -2.29. The van der Waals surface area contributed by atoms with E-state index in [4.69, 9.17) is 10.00 Å². The first-order valence-corrected chi connectivity index (χ1v) is 5.15. The Hall–Kier alpha value is -2.62. The number of benzene rings is 1. The molecule has 7 nitrogen and oxygen atoms in total. The second-order valence-corrected chi connectivity index (χ2v) is 3.27. The highest BCUT2D eigenvalue weighted by molar-refractivity contribution is 5.77.